The number of rotatable bonds is 9. The van der Waals surface area contributed by atoms with Crippen LogP contribution in [0.5, 0.6) is 17.2 Å². The van der Waals surface area contributed by atoms with Crippen LogP contribution in [0, 0.1) is 6.92 Å². The fourth-order valence-electron chi connectivity index (χ4n) is 3.08. The first kappa shape index (κ1) is 24.2. The maximum Gasteiger partial charge on any atom is 0.343 e. The highest BCUT2D eigenvalue weighted by atomic mass is 16.7. The summed E-state index contributed by atoms with van der Waals surface area (Å²) in [5, 5.41) is 4.00. The van der Waals surface area contributed by atoms with Gasteiger partial charge in [0.2, 0.25) is 0 Å². The predicted molar refractivity (Wildman–Crippen MR) is 136 cm³/mol. The smallest absolute Gasteiger partial charge is 0.343 e. The number of amides is 1. The summed E-state index contributed by atoms with van der Waals surface area (Å²) < 4.78 is 16.8. The Morgan fingerprint density at radius 1 is 0.722 bits per heavy atom. The number of nitrogens with one attached hydrogen (secondary N) is 1. The molecule has 0 fully saturated rings. The minimum Gasteiger partial charge on any atom is -0.446 e. The minimum absolute atomic E-state index is 0.398. The van der Waals surface area contributed by atoms with Crippen LogP contribution in [0.3, 0.4) is 0 Å². The van der Waals surface area contributed by atoms with Gasteiger partial charge in [0.15, 0.2) is 0 Å². The molecule has 0 saturated carbocycles. The van der Waals surface area contributed by atoms with Crippen molar-refractivity contribution in [1.29, 1.82) is 0 Å². The van der Waals surface area contributed by atoms with Gasteiger partial charge in [0.1, 0.15) is 17.2 Å². The van der Waals surface area contributed by atoms with Crippen molar-refractivity contribution in [2.75, 3.05) is 0 Å². The average Bonchev–Trinajstić information content (AvgIpc) is 2.91. The van der Waals surface area contributed by atoms with Crippen molar-refractivity contribution in [3.63, 3.8) is 0 Å². The molecule has 4 aromatic rings. The molecule has 7 heteroatoms. The fourth-order valence-corrected chi connectivity index (χ4v) is 3.08. The van der Waals surface area contributed by atoms with E-state index >= 15 is 0 Å². The topological polar surface area (TPSA) is 86.2 Å². The van der Waals surface area contributed by atoms with Crippen molar-refractivity contribution in [2.45, 2.75) is 13.2 Å². The first-order valence-electron chi connectivity index (χ1n) is 11.2. The Morgan fingerprint density at radius 2 is 1.28 bits per heavy atom. The normalized spacial score (nSPS) is 10.7. The monoisotopic (exact) mass is 480 g/mol. The third-order valence-corrected chi connectivity index (χ3v) is 4.95. The SMILES string of the molecule is Cc1ccc(C(=O)Oc2ccc(/C=N/NC(=O)C(Oc3ccccc3)Oc3ccccc3)cc2)cc1. The number of esters is 1. The van der Waals surface area contributed by atoms with Crippen molar-refractivity contribution in [3.05, 3.63) is 126 Å². The molecule has 0 saturated heterocycles. The fraction of sp³-hybridized carbons (Fsp3) is 0.0690. The maximum absolute atomic E-state index is 12.7. The van der Waals surface area contributed by atoms with Crippen LogP contribution >= 0.6 is 0 Å². The van der Waals surface area contributed by atoms with E-state index in [2.05, 4.69) is 10.5 Å². The summed E-state index contributed by atoms with van der Waals surface area (Å²) in [6, 6.07) is 31.7. The summed E-state index contributed by atoms with van der Waals surface area (Å²) in [4.78, 5) is 25.0. The van der Waals surface area contributed by atoms with Crippen LogP contribution in [-0.4, -0.2) is 24.4 Å². The zero-order valence-electron chi connectivity index (χ0n) is 19.5. The van der Waals surface area contributed by atoms with Gasteiger partial charge < -0.3 is 14.2 Å². The van der Waals surface area contributed by atoms with Gasteiger partial charge in [-0.2, -0.15) is 5.10 Å². The number of hydrogen-bond acceptors (Lipinski definition) is 6. The van der Waals surface area contributed by atoms with Gasteiger partial charge in [-0.25, -0.2) is 10.2 Å². The van der Waals surface area contributed by atoms with Crippen molar-refractivity contribution in [1.82, 2.24) is 5.43 Å². The summed E-state index contributed by atoms with van der Waals surface area (Å²) in [5.41, 5.74) is 4.66. The molecule has 4 rings (SSSR count). The van der Waals surface area contributed by atoms with Crippen LogP contribution in [0.15, 0.2) is 114 Å². The van der Waals surface area contributed by atoms with Crippen molar-refractivity contribution >= 4 is 18.1 Å². The molecule has 4 aromatic carbocycles. The maximum atomic E-state index is 12.7. The van der Waals surface area contributed by atoms with E-state index in [0.29, 0.717) is 28.4 Å². The number of nitrogens with zero attached hydrogens (tertiary/aromatic N) is 1. The lowest BCUT2D eigenvalue weighted by Crippen LogP contribution is -2.40. The van der Waals surface area contributed by atoms with Gasteiger partial charge in [-0.15, -0.1) is 0 Å². The van der Waals surface area contributed by atoms with E-state index < -0.39 is 18.2 Å². The molecule has 0 heterocycles. The highest BCUT2D eigenvalue weighted by Crippen LogP contribution is 2.17. The van der Waals surface area contributed by atoms with Crippen LogP contribution in [0.2, 0.25) is 0 Å². The summed E-state index contributed by atoms with van der Waals surface area (Å²) in [6.07, 6.45) is 0.210. The van der Waals surface area contributed by atoms with E-state index in [1.807, 2.05) is 31.2 Å². The number of carbonyl (C=O) groups excluding carboxylic acids is 2. The van der Waals surface area contributed by atoms with E-state index in [4.69, 9.17) is 14.2 Å². The van der Waals surface area contributed by atoms with Gasteiger partial charge in [0.05, 0.1) is 11.8 Å². The first-order valence-corrected chi connectivity index (χ1v) is 11.2. The van der Waals surface area contributed by atoms with E-state index in [-0.39, 0.29) is 0 Å². The lowest BCUT2D eigenvalue weighted by Gasteiger charge is -2.18. The molecule has 0 aliphatic rings. The Bertz CT molecular complexity index is 1260. The minimum atomic E-state index is -1.25. The van der Waals surface area contributed by atoms with Gasteiger partial charge in [-0.1, -0.05) is 54.1 Å². The van der Waals surface area contributed by atoms with Crippen LogP contribution in [0.25, 0.3) is 0 Å². The second kappa shape index (κ2) is 12.0. The van der Waals surface area contributed by atoms with Crippen LogP contribution in [-0.2, 0) is 4.79 Å². The molecule has 1 N–H and O–H groups in total. The van der Waals surface area contributed by atoms with Gasteiger partial charge >= 0.3 is 18.2 Å². The van der Waals surface area contributed by atoms with Gasteiger partial charge in [-0.05, 0) is 73.2 Å². The van der Waals surface area contributed by atoms with E-state index in [1.165, 1.54) is 6.21 Å². The molecule has 0 unspecified atom stereocenters. The summed E-state index contributed by atoms with van der Waals surface area (Å²) in [6.45, 7) is 1.95. The molecule has 0 radical (unpaired) electrons. The Labute approximate surface area is 209 Å². The molecular weight excluding hydrogens is 456 g/mol. The first-order chi connectivity index (χ1) is 17.6. The van der Waals surface area contributed by atoms with Gasteiger partial charge in [0, 0.05) is 0 Å². The van der Waals surface area contributed by atoms with Crippen molar-refractivity contribution in [3.8, 4) is 17.2 Å². The number of hydrazone groups is 1. The third-order valence-electron chi connectivity index (χ3n) is 4.95. The lowest BCUT2D eigenvalue weighted by atomic mass is 10.1. The Kier molecular flexibility index (Phi) is 8.07. The number of para-hydroxylation sites is 2. The molecular formula is C29H24N2O5. The second-order valence-corrected chi connectivity index (χ2v) is 7.75. The average molecular weight is 481 g/mol. The summed E-state index contributed by atoms with van der Waals surface area (Å²) in [5.74, 6) is 0.338. The van der Waals surface area contributed by atoms with E-state index in [1.54, 1.807) is 84.9 Å². The quantitative estimate of drug-likeness (QED) is 0.118. The Morgan fingerprint density at radius 3 is 1.83 bits per heavy atom. The number of aryl methyl sites for hydroxylation is 1. The van der Waals surface area contributed by atoms with Crippen LogP contribution < -0.4 is 19.6 Å². The zero-order valence-corrected chi connectivity index (χ0v) is 19.5. The molecule has 0 aliphatic carbocycles. The highest BCUT2D eigenvalue weighted by molar-refractivity contribution is 5.91. The summed E-state index contributed by atoms with van der Waals surface area (Å²) in [7, 11) is 0. The van der Waals surface area contributed by atoms with Crippen molar-refractivity contribution in [2.24, 2.45) is 5.10 Å². The number of benzene rings is 4. The lowest BCUT2D eigenvalue weighted by molar-refractivity contribution is -0.140. The third kappa shape index (κ3) is 7.04. The van der Waals surface area contributed by atoms with Crippen molar-refractivity contribution < 1.29 is 23.8 Å². The van der Waals surface area contributed by atoms with Gasteiger partial charge in [-0.3, -0.25) is 4.79 Å². The molecule has 7 nitrogen and oxygen atoms in total. The Hall–Kier alpha value is -4.91. The molecule has 0 aliphatic heterocycles. The molecule has 0 atom stereocenters. The number of carbonyl (C=O) groups is 2. The predicted octanol–water partition coefficient (Wildman–Crippen LogP) is 5.15. The molecule has 0 spiro atoms. The molecule has 0 aromatic heterocycles. The second-order valence-electron chi connectivity index (χ2n) is 7.75. The van der Waals surface area contributed by atoms with E-state index in [9.17, 15) is 9.59 Å². The number of ether oxygens (including phenoxy) is 3. The summed E-state index contributed by atoms with van der Waals surface area (Å²) >= 11 is 0. The van der Waals surface area contributed by atoms with Crippen LogP contribution in [0.1, 0.15) is 21.5 Å². The van der Waals surface area contributed by atoms with Gasteiger partial charge in [0.25, 0.3) is 0 Å². The van der Waals surface area contributed by atoms with Crippen LogP contribution in [0.4, 0.5) is 0 Å². The molecule has 36 heavy (non-hydrogen) atoms. The largest absolute Gasteiger partial charge is 0.446 e. The highest BCUT2D eigenvalue weighted by Gasteiger charge is 2.22. The molecule has 1 amide bonds. The molecule has 180 valence electrons. The Balaban J connectivity index is 1.35. The zero-order chi connectivity index (χ0) is 25.2. The molecule has 0 bridgehead atoms. The standard InChI is InChI=1S/C29H24N2O5/c1-21-12-16-23(17-13-21)28(33)34-26-18-14-22(15-19-26)20-30-31-27(32)29(35-24-8-4-2-5-9-24)36-25-10-6-3-7-11-25/h2-20,29H,1H3,(H,31,32)/b30-20+. The number of hydrogen-bond donors (Lipinski definition) is 1. The van der Waals surface area contributed by atoms with E-state index in [0.717, 1.165) is 5.56 Å².